The SMILES string of the molecule is C[C@@H](NC(=O)c1cccc(NS(=O)(=O)c2cccs2)c1)c1cc2ccccc2o1. The van der Waals surface area contributed by atoms with E-state index in [1.54, 1.807) is 29.6 Å². The number of anilines is 1. The Morgan fingerprint density at radius 2 is 1.86 bits per heavy atom. The highest BCUT2D eigenvalue weighted by Crippen LogP contribution is 2.24. The molecule has 2 N–H and O–H groups in total. The molecular formula is C21H18N2O4S2. The van der Waals surface area contributed by atoms with Crippen molar-refractivity contribution in [2.45, 2.75) is 17.2 Å². The van der Waals surface area contributed by atoms with Crippen molar-refractivity contribution in [3.63, 3.8) is 0 Å². The largest absolute Gasteiger partial charge is 0.459 e. The second kappa shape index (κ2) is 7.73. The third-order valence-corrected chi connectivity index (χ3v) is 7.13. The zero-order valence-corrected chi connectivity index (χ0v) is 17.1. The predicted octanol–water partition coefficient (Wildman–Crippen LogP) is 4.79. The molecule has 4 aromatic rings. The summed E-state index contributed by atoms with van der Waals surface area (Å²) in [5.41, 5.74) is 1.43. The maximum absolute atomic E-state index is 12.7. The van der Waals surface area contributed by atoms with Gasteiger partial charge in [0.1, 0.15) is 15.6 Å². The molecule has 1 amide bonds. The molecule has 0 saturated heterocycles. The number of thiophene rings is 1. The van der Waals surface area contributed by atoms with E-state index in [1.165, 1.54) is 12.1 Å². The molecule has 0 radical (unpaired) electrons. The van der Waals surface area contributed by atoms with Crippen molar-refractivity contribution in [1.82, 2.24) is 5.32 Å². The van der Waals surface area contributed by atoms with Gasteiger partial charge in [-0.1, -0.05) is 30.3 Å². The van der Waals surface area contributed by atoms with E-state index in [1.807, 2.05) is 37.3 Å². The highest BCUT2D eigenvalue weighted by Gasteiger charge is 2.18. The predicted molar refractivity (Wildman–Crippen MR) is 114 cm³/mol. The minimum absolute atomic E-state index is 0.214. The summed E-state index contributed by atoms with van der Waals surface area (Å²) in [6, 6.07) is 18.7. The Morgan fingerprint density at radius 1 is 1.03 bits per heavy atom. The Balaban J connectivity index is 1.49. The zero-order valence-electron chi connectivity index (χ0n) is 15.5. The molecule has 6 nitrogen and oxygen atoms in total. The molecule has 0 spiro atoms. The summed E-state index contributed by atoms with van der Waals surface area (Å²) in [7, 11) is -3.67. The van der Waals surface area contributed by atoms with Crippen LogP contribution in [0.3, 0.4) is 0 Å². The molecule has 2 aromatic carbocycles. The molecule has 0 saturated carbocycles. The van der Waals surface area contributed by atoms with Crippen LogP contribution in [0.5, 0.6) is 0 Å². The van der Waals surface area contributed by atoms with Gasteiger partial charge in [-0.15, -0.1) is 11.3 Å². The van der Waals surface area contributed by atoms with E-state index in [0.717, 1.165) is 22.3 Å². The van der Waals surface area contributed by atoms with Gasteiger partial charge in [-0.05, 0) is 48.7 Å². The molecule has 0 aliphatic rings. The van der Waals surface area contributed by atoms with Crippen LogP contribution in [0, 0.1) is 0 Å². The molecule has 1 atom stereocenters. The molecule has 0 aliphatic carbocycles. The number of benzene rings is 2. The van der Waals surface area contributed by atoms with Crippen LogP contribution in [0.15, 0.2) is 80.7 Å². The van der Waals surface area contributed by atoms with Crippen LogP contribution in [-0.4, -0.2) is 14.3 Å². The van der Waals surface area contributed by atoms with Gasteiger partial charge in [-0.3, -0.25) is 9.52 Å². The summed E-state index contributed by atoms with van der Waals surface area (Å²) in [6.45, 7) is 1.83. The van der Waals surface area contributed by atoms with Gasteiger partial charge < -0.3 is 9.73 Å². The zero-order chi connectivity index (χ0) is 20.4. The number of rotatable bonds is 6. The lowest BCUT2D eigenvalue weighted by Crippen LogP contribution is -2.26. The van der Waals surface area contributed by atoms with Crippen molar-refractivity contribution < 1.29 is 17.6 Å². The lowest BCUT2D eigenvalue weighted by atomic mass is 10.1. The number of para-hydroxylation sites is 1. The Bertz CT molecular complexity index is 1230. The lowest BCUT2D eigenvalue weighted by molar-refractivity contribution is 0.0935. The van der Waals surface area contributed by atoms with Crippen LogP contribution in [0.1, 0.15) is 29.1 Å². The van der Waals surface area contributed by atoms with Gasteiger partial charge in [0, 0.05) is 16.6 Å². The first-order chi connectivity index (χ1) is 13.9. The topological polar surface area (TPSA) is 88.4 Å². The van der Waals surface area contributed by atoms with E-state index in [2.05, 4.69) is 10.0 Å². The molecule has 8 heteroatoms. The fourth-order valence-electron chi connectivity index (χ4n) is 2.91. The molecule has 2 aromatic heterocycles. The summed E-state index contributed by atoms with van der Waals surface area (Å²) in [4.78, 5) is 12.7. The van der Waals surface area contributed by atoms with E-state index in [-0.39, 0.29) is 16.2 Å². The lowest BCUT2D eigenvalue weighted by Gasteiger charge is -2.12. The minimum atomic E-state index is -3.67. The number of sulfonamides is 1. The molecule has 148 valence electrons. The van der Waals surface area contributed by atoms with E-state index in [9.17, 15) is 13.2 Å². The van der Waals surface area contributed by atoms with Crippen molar-refractivity contribution in [2.24, 2.45) is 0 Å². The number of carbonyl (C=O) groups is 1. The summed E-state index contributed by atoms with van der Waals surface area (Å²) in [6.07, 6.45) is 0. The van der Waals surface area contributed by atoms with Crippen molar-refractivity contribution >= 4 is 43.9 Å². The molecule has 0 aliphatic heterocycles. The molecule has 0 unspecified atom stereocenters. The monoisotopic (exact) mass is 426 g/mol. The molecule has 2 heterocycles. The molecule has 0 fully saturated rings. The smallest absolute Gasteiger partial charge is 0.271 e. The van der Waals surface area contributed by atoms with Gasteiger partial charge in [0.05, 0.1) is 6.04 Å². The summed E-state index contributed by atoms with van der Waals surface area (Å²) in [5, 5.41) is 5.54. The van der Waals surface area contributed by atoms with E-state index in [0.29, 0.717) is 17.0 Å². The summed E-state index contributed by atoms with van der Waals surface area (Å²) < 4.78 is 33.3. The van der Waals surface area contributed by atoms with Crippen LogP contribution in [0.25, 0.3) is 11.0 Å². The van der Waals surface area contributed by atoms with Crippen molar-refractivity contribution in [1.29, 1.82) is 0 Å². The van der Waals surface area contributed by atoms with Crippen LogP contribution < -0.4 is 10.0 Å². The average Bonchev–Trinajstić information content (AvgIpc) is 3.38. The normalized spacial score (nSPS) is 12.6. The minimum Gasteiger partial charge on any atom is -0.459 e. The van der Waals surface area contributed by atoms with Crippen molar-refractivity contribution in [2.75, 3.05) is 4.72 Å². The number of hydrogen-bond acceptors (Lipinski definition) is 5. The van der Waals surface area contributed by atoms with Gasteiger partial charge in [-0.2, -0.15) is 0 Å². The van der Waals surface area contributed by atoms with Gasteiger partial charge in [0.25, 0.3) is 15.9 Å². The van der Waals surface area contributed by atoms with E-state index in [4.69, 9.17) is 4.42 Å². The van der Waals surface area contributed by atoms with E-state index < -0.39 is 10.0 Å². The maximum Gasteiger partial charge on any atom is 0.271 e. The van der Waals surface area contributed by atoms with Gasteiger partial charge in [0.2, 0.25) is 0 Å². The van der Waals surface area contributed by atoms with Crippen LogP contribution in [0.2, 0.25) is 0 Å². The van der Waals surface area contributed by atoms with Crippen LogP contribution in [0.4, 0.5) is 5.69 Å². The fourth-order valence-corrected chi connectivity index (χ4v) is 4.96. The number of nitrogens with one attached hydrogen (secondary N) is 2. The fraction of sp³-hybridized carbons (Fsp3) is 0.0952. The number of carbonyl (C=O) groups excluding carboxylic acids is 1. The van der Waals surface area contributed by atoms with E-state index >= 15 is 0 Å². The molecular weight excluding hydrogens is 408 g/mol. The summed E-state index contributed by atoms with van der Waals surface area (Å²) in [5.74, 6) is 0.323. The molecule has 0 bridgehead atoms. The Morgan fingerprint density at radius 3 is 2.62 bits per heavy atom. The Labute approximate surface area is 172 Å². The Kier molecular flexibility index (Phi) is 5.12. The highest BCUT2D eigenvalue weighted by molar-refractivity contribution is 7.94. The Hall–Kier alpha value is -3.10. The number of fused-ring (bicyclic) bond motifs is 1. The summed E-state index contributed by atoms with van der Waals surface area (Å²) >= 11 is 1.13. The third-order valence-electron chi connectivity index (χ3n) is 4.36. The van der Waals surface area contributed by atoms with Crippen LogP contribution in [-0.2, 0) is 10.0 Å². The van der Waals surface area contributed by atoms with Crippen molar-refractivity contribution in [3.8, 4) is 0 Å². The first-order valence-corrected chi connectivity index (χ1v) is 11.2. The first-order valence-electron chi connectivity index (χ1n) is 8.88. The number of hydrogen-bond donors (Lipinski definition) is 2. The maximum atomic E-state index is 12.7. The third kappa shape index (κ3) is 4.18. The second-order valence-electron chi connectivity index (χ2n) is 6.50. The average molecular weight is 427 g/mol. The highest BCUT2D eigenvalue weighted by atomic mass is 32.2. The molecule has 4 rings (SSSR count). The second-order valence-corrected chi connectivity index (χ2v) is 9.36. The first kappa shape index (κ1) is 19.2. The number of furan rings is 1. The van der Waals surface area contributed by atoms with Gasteiger partial charge >= 0.3 is 0 Å². The van der Waals surface area contributed by atoms with Crippen LogP contribution >= 0.6 is 11.3 Å². The van der Waals surface area contributed by atoms with Gasteiger partial charge in [-0.25, -0.2) is 8.42 Å². The van der Waals surface area contributed by atoms with Crippen molar-refractivity contribution in [3.05, 3.63) is 83.4 Å². The number of amides is 1. The van der Waals surface area contributed by atoms with Gasteiger partial charge in [0.15, 0.2) is 0 Å². The standard InChI is InChI=1S/C21H18N2O4S2/c1-14(19-13-15-6-2-3-9-18(15)27-19)22-21(24)16-7-4-8-17(12-16)23-29(25,26)20-10-5-11-28-20/h2-14,23H,1H3,(H,22,24)/t14-/m1/s1. The quantitative estimate of drug-likeness (QED) is 0.464. The molecule has 29 heavy (non-hydrogen) atoms.